The number of amides is 1. The van der Waals surface area contributed by atoms with Crippen molar-refractivity contribution in [2.75, 3.05) is 18.5 Å². The number of benzene rings is 2. The Hall–Kier alpha value is -3.28. The zero-order valence-corrected chi connectivity index (χ0v) is 16.2. The summed E-state index contributed by atoms with van der Waals surface area (Å²) in [6.07, 6.45) is 0.619. The van der Waals surface area contributed by atoms with Crippen molar-refractivity contribution in [3.05, 3.63) is 64.0 Å². The second-order valence-corrected chi connectivity index (χ2v) is 6.30. The third kappa shape index (κ3) is 4.34. The molecule has 0 aliphatic carbocycles. The first kappa shape index (κ1) is 19.5. The lowest BCUT2D eigenvalue weighted by Gasteiger charge is -2.10. The number of ether oxygens (including phenoxy) is 2. The Kier molecular flexibility index (Phi) is 5.99. The minimum absolute atomic E-state index is 0.158. The molecule has 3 rings (SSSR count). The van der Waals surface area contributed by atoms with E-state index in [1.165, 1.54) is 0 Å². The van der Waals surface area contributed by atoms with Crippen LogP contribution in [0.1, 0.15) is 25.0 Å². The molecule has 0 saturated carbocycles. The molecule has 1 aromatic heterocycles. The summed E-state index contributed by atoms with van der Waals surface area (Å²) in [7, 11) is 0. The SMILES string of the molecule is CCOc1ccc(NC(=O)COc2ccc3c(C)c(CC)c(=O)oc3c2)cc1. The van der Waals surface area contributed by atoms with E-state index >= 15 is 0 Å². The summed E-state index contributed by atoms with van der Waals surface area (Å²) >= 11 is 0. The first-order valence-corrected chi connectivity index (χ1v) is 9.23. The monoisotopic (exact) mass is 381 g/mol. The number of hydrogen-bond donors (Lipinski definition) is 1. The molecule has 0 radical (unpaired) electrons. The molecular formula is C22H23NO5. The maximum atomic E-state index is 12.1. The number of fused-ring (bicyclic) bond motifs is 1. The normalized spacial score (nSPS) is 10.7. The largest absolute Gasteiger partial charge is 0.494 e. The highest BCUT2D eigenvalue weighted by molar-refractivity contribution is 5.92. The van der Waals surface area contributed by atoms with Gasteiger partial charge in [0.2, 0.25) is 0 Å². The van der Waals surface area contributed by atoms with Crippen LogP contribution < -0.4 is 20.4 Å². The van der Waals surface area contributed by atoms with Crippen molar-refractivity contribution in [2.45, 2.75) is 27.2 Å². The van der Waals surface area contributed by atoms with Crippen LogP contribution in [0.5, 0.6) is 11.5 Å². The highest BCUT2D eigenvalue weighted by atomic mass is 16.5. The zero-order valence-electron chi connectivity index (χ0n) is 16.2. The van der Waals surface area contributed by atoms with Crippen molar-refractivity contribution in [2.24, 2.45) is 0 Å². The summed E-state index contributed by atoms with van der Waals surface area (Å²) in [6, 6.07) is 12.3. The predicted molar refractivity (Wildman–Crippen MR) is 108 cm³/mol. The van der Waals surface area contributed by atoms with E-state index in [1.807, 2.05) is 26.8 Å². The van der Waals surface area contributed by atoms with Crippen LogP contribution in [0.3, 0.4) is 0 Å². The molecule has 6 nitrogen and oxygen atoms in total. The number of hydrogen-bond acceptors (Lipinski definition) is 5. The summed E-state index contributed by atoms with van der Waals surface area (Å²) in [5, 5.41) is 3.62. The van der Waals surface area contributed by atoms with Crippen LogP contribution in [0.15, 0.2) is 51.7 Å². The maximum absolute atomic E-state index is 12.1. The number of nitrogens with one attached hydrogen (secondary N) is 1. The van der Waals surface area contributed by atoms with Gasteiger partial charge in [-0.1, -0.05) is 6.92 Å². The fourth-order valence-electron chi connectivity index (χ4n) is 3.02. The smallest absolute Gasteiger partial charge is 0.339 e. The minimum Gasteiger partial charge on any atom is -0.494 e. The zero-order chi connectivity index (χ0) is 20.1. The van der Waals surface area contributed by atoms with E-state index in [9.17, 15) is 9.59 Å². The van der Waals surface area contributed by atoms with Crippen LogP contribution in [0.25, 0.3) is 11.0 Å². The van der Waals surface area contributed by atoms with Crippen molar-refractivity contribution in [1.29, 1.82) is 0 Å². The van der Waals surface area contributed by atoms with Crippen LogP contribution in [0.2, 0.25) is 0 Å². The van der Waals surface area contributed by atoms with E-state index in [-0.39, 0.29) is 18.1 Å². The molecular weight excluding hydrogens is 358 g/mol. The van der Waals surface area contributed by atoms with Crippen molar-refractivity contribution < 1.29 is 18.7 Å². The lowest BCUT2D eigenvalue weighted by Crippen LogP contribution is -2.20. The van der Waals surface area contributed by atoms with E-state index in [2.05, 4.69) is 5.32 Å². The van der Waals surface area contributed by atoms with Crippen molar-refractivity contribution in [3.63, 3.8) is 0 Å². The first-order chi connectivity index (χ1) is 13.5. The highest BCUT2D eigenvalue weighted by Gasteiger charge is 2.11. The molecule has 0 atom stereocenters. The molecule has 146 valence electrons. The molecule has 0 aliphatic rings. The molecule has 6 heteroatoms. The van der Waals surface area contributed by atoms with Crippen molar-refractivity contribution >= 4 is 22.6 Å². The highest BCUT2D eigenvalue weighted by Crippen LogP contribution is 2.24. The fraction of sp³-hybridized carbons (Fsp3) is 0.273. The molecule has 3 aromatic rings. The Labute approximate surface area is 163 Å². The third-order valence-electron chi connectivity index (χ3n) is 4.43. The van der Waals surface area contributed by atoms with Gasteiger partial charge in [0.25, 0.3) is 5.91 Å². The Morgan fingerprint density at radius 2 is 1.75 bits per heavy atom. The van der Waals surface area contributed by atoms with Gasteiger partial charge < -0.3 is 19.2 Å². The van der Waals surface area contributed by atoms with E-state index in [4.69, 9.17) is 13.9 Å². The molecule has 2 aromatic carbocycles. The summed E-state index contributed by atoms with van der Waals surface area (Å²) < 4.78 is 16.3. The van der Waals surface area contributed by atoms with Gasteiger partial charge in [-0.15, -0.1) is 0 Å². The van der Waals surface area contributed by atoms with Gasteiger partial charge in [0.15, 0.2) is 6.61 Å². The second kappa shape index (κ2) is 8.61. The van der Waals surface area contributed by atoms with Gasteiger partial charge >= 0.3 is 5.63 Å². The Balaban J connectivity index is 1.66. The number of aryl methyl sites for hydroxylation is 1. The van der Waals surface area contributed by atoms with E-state index < -0.39 is 0 Å². The van der Waals surface area contributed by atoms with Gasteiger partial charge in [0.05, 0.1) is 6.61 Å². The predicted octanol–water partition coefficient (Wildman–Crippen LogP) is 4.08. The molecule has 1 heterocycles. The maximum Gasteiger partial charge on any atom is 0.339 e. The number of anilines is 1. The van der Waals surface area contributed by atoms with Crippen LogP contribution in [-0.4, -0.2) is 19.1 Å². The molecule has 0 spiro atoms. The van der Waals surface area contributed by atoms with Gasteiger partial charge in [-0.3, -0.25) is 4.79 Å². The molecule has 0 saturated heterocycles. The minimum atomic E-state index is -0.335. The Bertz CT molecular complexity index is 1040. The third-order valence-corrected chi connectivity index (χ3v) is 4.43. The molecule has 28 heavy (non-hydrogen) atoms. The van der Waals surface area contributed by atoms with Crippen molar-refractivity contribution in [3.8, 4) is 11.5 Å². The fourth-order valence-corrected chi connectivity index (χ4v) is 3.02. The van der Waals surface area contributed by atoms with Crippen LogP contribution in [0.4, 0.5) is 5.69 Å². The summed E-state index contributed by atoms with van der Waals surface area (Å²) in [5.41, 5.74) is 2.36. The molecule has 1 N–H and O–H groups in total. The Morgan fingerprint density at radius 1 is 1.04 bits per heavy atom. The van der Waals surface area contributed by atoms with Crippen LogP contribution >= 0.6 is 0 Å². The van der Waals surface area contributed by atoms with E-state index in [0.717, 1.165) is 16.7 Å². The average Bonchev–Trinajstić information content (AvgIpc) is 2.68. The van der Waals surface area contributed by atoms with E-state index in [0.29, 0.717) is 35.6 Å². The number of carbonyl (C=O) groups is 1. The Morgan fingerprint density at radius 3 is 2.43 bits per heavy atom. The lowest BCUT2D eigenvalue weighted by molar-refractivity contribution is -0.118. The van der Waals surface area contributed by atoms with Gasteiger partial charge in [0.1, 0.15) is 17.1 Å². The summed E-state index contributed by atoms with van der Waals surface area (Å²) in [5.74, 6) is 0.917. The first-order valence-electron chi connectivity index (χ1n) is 9.23. The molecule has 0 bridgehead atoms. The molecule has 0 fully saturated rings. The van der Waals surface area contributed by atoms with Gasteiger partial charge in [-0.25, -0.2) is 4.79 Å². The van der Waals surface area contributed by atoms with Gasteiger partial charge in [0, 0.05) is 22.7 Å². The van der Waals surface area contributed by atoms with Crippen molar-refractivity contribution in [1.82, 2.24) is 0 Å². The van der Waals surface area contributed by atoms with Crippen LogP contribution in [-0.2, 0) is 11.2 Å². The second-order valence-electron chi connectivity index (χ2n) is 6.30. The summed E-state index contributed by atoms with van der Waals surface area (Å²) in [6.45, 7) is 6.17. The quantitative estimate of drug-likeness (QED) is 0.624. The molecule has 0 unspecified atom stereocenters. The summed E-state index contributed by atoms with van der Waals surface area (Å²) in [4.78, 5) is 24.2. The van der Waals surface area contributed by atoms with E-state index in [1.54, 1.807) is 36.4 Å². The standard InChI is InChI=1S/C22H23NO5/c1-4-18-14(3)19-11-10-17(12-20(19)28-22(18)25)27-13-21(24)23-15-6-8-16(9-7-15)26-5-2/h6-12H,4-5,13H2,1-3H3,(H,23,24). The van der Waals surface area contributed by atoms with Gasteiger partial charge in [-0.05, 0) is 62.2 Å². The number of carbonyl (C=O) groups excluding carboxylic acids is 1. The molecule has 1 amide bonds. The van der Waals surface area contributed by atoms with Crippen LogP contribution in [0, 0.1) is 6.92 Å². The van der Waals surface area contributed by atoms with Gasteiger partial charge in [-0.2, -0.15) is 0 Å². The lowest BCUT2D eigenvalue weighted by atomic mass is 10.0. The number of rotatable bonds is 7. The molecule has 0 aliphatic heterocycles. The average molecular weight is 381 g/mol. The topological polar surface area (TPSA) is 77.8 Å².